The predicted molar refractivity (Wildman–Crippen MR) is 109 cm³/mol. The van der Waals surface area contributed by atoms with Crippen LogP contribution >= 0.6 is 0 Å². The van der Waals surface area contributed by atoms with Crippen molar-refractivity contribution in [3.63, 3.8) is 0 Å². The van der Waals surface area contributed by atoms with Crippen LogP contribution in [-0.4, -0.2) is 44.8 Å². The molecule has 0 radical (unpaired) electrons. The molecular weight excluding hydrogens is 366 g/mol. The number of hydrogen-bond acceptors (Lipinski definition) is 5. The maximum atomic E-state index is 12.9. The SMILES string of the molecule is CCN1CC(C(=O)NC2CC(C)(C)Cc3nc(-c4ccncc4)ncc32)CC1=O. The number of nitrogens with zero attached hydrogens (tertiary/aromatic N) is 4. The Balaban J connectivity index is 1.58. The van der Waals surface area contributed by atoms with Gasteiger partial charge in [0.25, 0.3) is 0 Å². The summed E-state index contributed by atoms with van der Waals surface area (Å²) in [5.74, 6) is 0.394. The molecule has 0 saturated carbocycles. The fraction of sp³-hybridized carbons (Fsp3) is 0.500. The van der Waals surface area contributed by atoms with Gasteiger partial charge in [-0.3, -0.25) is 14.6 Å². The summed E-state index contributed by atoms with van der Waals surface area (Å²) < 4.78 is 0. The molecule has 1 aliphatic heterocycles. The number of pyridine rings is 1. The minimum atomic E-state index is -0.284. The van der Waals surface area contributed by atoms with E-state index in [0.717, 1.165) is 29.7 Å². The largest absolute Gasteiger partial charge is 0.349 e. The van der Waals surface area contributed by atoms with Crippen LogP contribution in [0.3, 0.4) is 0 Å². The molecule has 152 valence electrons. The lowest BCUT2D eigenvalue weighted by Crippen LogP contribution is -2.40. The summed E-state index contributed by atoms with van der Waals surface area (Å²) in [6.45, 7) is 7.48. The molecule has 1 saturated heterocycles. The third-order valence-corrected chi connectivity index (χ3v) is 5.90. The topological polar surface area (TPSA) is 88.1 Å². The smallest absolute Gasteiger partial charge is 0.225 e. The third kappa shape index (κ3) is 3.99. The molecule has 1 fully saturated rings. The molecule has 0 aromatic carbocycles. The molecule has 0 spiro atoms. The fourth-order valence-electron chi connectivity index (χ4n) is 4.36. The van der Waals surface area contributed by atoms with E-state index in [2.05, 4.69) is 29.1 Å². The lowest BCUT2D eigenvalue weighted by molar-refractivity contribution is -0.129. The van der Waals surface area contributed by atoms with Gasteiger partial charge in [0.2, 0.25) is 11.8 Å². The van der Waals surface area contributed by atoms with E-state index in [-0.39, 0.29) is 29.2 Å². The van der Waals surface area contributed by atoms with Crippen LogP contribution in [0.1, 0.15) is 50.9 Å². The van der Waals surface area contributed by atoms with Crippen LogP contribution in [0.4, 0.5) is 0 Å². The quantitative estimate of drug-likeness (QED) is 0.862. The average molecular weight is 393 g/mol. The van der Waals surface area contributed by atoms with Gasteiger partial charge in [-0.2, -0.15) is 0 Å². The predicted octanol–water partition coefficient (Wildman–Crippen LogP) is 2.54. The van der Waals surface area contributed by atoms with E-state index in [1.807, 2.05) is 25.3 Å². The van der Waals surface area contributed by atoms with Crippen LogP contribution < -0.4 is 5.32 Å². The van der Waals surface area contributed by atoms with Gasteiger partial charge in [-0.25, -0.2) is 9.97 Å². The van der Waals surface area contributed by atoms with Gasteiger partial charge in [0.1, 0.15) is 0 Å². The molecule has 2 aromatic rings. The summed E-state index contributed by atoms with van der Waals surface area (Å²) in [6.07, 6.45) is 7.25. The monoisotopic (exact) mass is 393 g/mol. The van der Waals surface area contributed by atoms with Crippen LogP contribution in [0.2, 0.25) is 0 Å². The van der Waals surface area contributed by atoms with Crippen molar-refractivity contribution in [2.45, 2.75) is 46.1 Å². The van der Waals surface area contributed by atoms with Crippen LogP contribution in [0.25, 0.3) is 11.4 Å². The Morgan fingerprint density at radius 2 is 2.07 bits per heavy atom. The molecule has 2 unspecified atom stereocenters. The number of carbonyl (C=O) groups is 2. The Kier molecular flexibility index (Phi) is 5.06. The molecule has 2 aromatic heterocycles. The Labute approximate surface area is 171 Å². The first-order valence-electron chi connectivity index (χ1n) is 10.2. The number of rotatable bonds is 4. The number of amides is 2. The highest BCUT2D eigenvalue weighted by atomic mass is 16.2. The first-order valence-corrected chi connectivity index (χ1v) is 10.2. The molecule has 1 N–H and O–H groups in total. The highest BCUT2D eigenvalue weighted by molar-refractivity contribution is 5.89. The highest BCUT2D eigenvalue weighted by Gasteiger charge is 2.38. The second-order valence-electron chi connectivity index (χ2n) is 8.77. The molecule has 7 nitrogen and oxygen atoms in total. The van der Waals surface area contributed by atoms with Gasteiger partial charge in [0.05, 0.1) is 17.7 Å². The zero-order valence-electron chi connectivity index (χ0n) is 17.2. The minimum Gasteiger partial charge on any atom is -0.349 e. The highest BCUT2D eigenvalue weighted by Crippen LogP contribution is 2.40. The summed E-state index contributed by atoms with van der Waals surface area (Å²) in [7, 11) is 0. The zero-order chi connectivity index (χ0) is 20.6. The molecule has 2 aliphatic rings. The van der Waals surface area contributed by atoms with Gasteiger partial charge in [0.15, 0.2) is 5.82 Å². The number of hydrogen-bond donors (Lipinski definition) is 1. The molecule has 4 rings (SSSR count). The molecule has 29 heavy (non-hydrogen) atoms. The van der Waals surface area contributed by atoms with Gasteiger partial charge in [-0.15, -0.1) is 0 Å². The Morgan fingerprint density at radius 1 is 1.31 bits per heavy atom. The summed E-state index contributed by atoms with van der Waals surface area (Å²) in [4.78, 5) is 40.1. The second-order valence-corrected chi connectivity index (χ2v) is 8.77. The zero-order valence-corrected chi connectivity index (χ0v) is 17.2. The minimum absolute atomic E-state index is 0.00969. The van der Waals surface area contributed by atoms with Gasteiger partial charge in [-0.1, -0.05) is 13.8 Å². The fourth-order valence-corrected chi connectivity index (χ4v) is 4.36. The van der Waals surface area contributed by atoms with Gasteiger partial charge >= 0.3 is 0 Å². The lowest BCUT2D eigenvalue weighted by atomic mass is 9.74. The average Bonchev–Trinajstić information content (AvgIpc) is 3.08. The molecule has 2 amide bonds. The Morgan fingerprint density at radius 3 is 2.76 bits per heavy atom. The number of carbonyl (C=O) groups excluding carboxylic acids is 2. The van der Waals surface area contributed by atoms with E-state index in [1.54, 1.807) is 17.3 Å². The normalized spacial score (nSPS) is 23.0. The van der Waals surface area contributed by atoms with Gasteiger partial charge < -0.3 is 10.2 Å². The molecule has 0 bridgehead atoms. The molecule has 3 heterocycles. The number of likely N-dealkylation sites (tertiary alicyclic amines) is 1. The molecule has 1 aliphatic carbocycles. The van der Waals surface area contributed by atoms with Crippen LogP contribution in [-0.2, 0) is 16.0 Å². The maximum absolute atomic E-state index is 12.9. The number of nitrogens with one attached hydrogen (secondary N) is 1. The van der Waals surface area contributed by atoms with Crippen molar-refractivity contribution in [1.29, 1.82) is 0 Å². The number of fused-ring (bicyclic) bond motifs is 1. The summed E-state index contributed by atoms with van der Waals surface area (Å²) in [5, 5.41) is 3.19. The van der Waals surface area contributed by atoms with Crippen molar-refractivity contribution < 1.29 is 9.59 Å². The van der Waals surface area contributed by atoms with Gasteiger partial charge in [-0.05, 0) is 37.3 Å². The van der Waals surface area contributed by atoms with E-state index < -0.39 is 0 Å². The first-order chi connectivity index (χ1) is 13.9. The summed E-state index contributed by atoms with van der Waals surface area (Å²) in [6, 6.07) is 3.65. The molecule has 2 atom stereocenters. The van der Waals surface area contributed by atoms with E-state index in [0.29, 0.717) is 25.3 Å². The van der Waals surface area contributed by atoms with E-state index in [4.69, 9.17) is 4.98 Å². The molecule has 7 heteroatoms. The standard InChI is InChI=1S/C22H27N5O2/c1-4-27-13-15(9-19(27)28)21(29)26-18-11-22(2,3)10-17-16(18)12-24-20(25-17)14-5-7-23-8-6-14/h5-8,12,15,18H,4,9-11,13H2,1-3H3,(H,26,29). The summed E-state index contributed by atoms with van der Waals surface area (Å²) >= 11 is 0. The van der Waals surface area contributed by atoms with Crippen molar-refractivity contribution in [3.8, 4) is 11.4 Å². The van der Waals surface area contributed by atoms with Crippen molar-refractivity contribution in [2.75, 3.05) is 13.1 Å². The van der Waals surface area contributed by atoms with Crippen LogP contribution in [0.15, 0.2) is 30.7 Å². The Hall–Kier alpha value is -2.83. The van der Waals surface area contributed by atoms with Crippen LogP contribution in [0, 0.1) is 11.3 Å². The van der Waals surface area contributed by atoms with Crippen molar-refractivity contribution >= 4 is 11.8 Å². The second kappa shape index (κ2) is 7.54. The van der Waals surface area contributed by atoms with Crippen LogP contribution in [0.5, 0.6) is 0 Å². The molecular formula is C22H27N5O2. The van der Waals surface area contributed by atoms with Crippen molar-refractivity contribution in [2.24, 2.45) is 11.3 Å². The lowest BCUT2D eigenvalue weighted by Gasteiger charge is -2.37. The van der Waals surface area contributed by atoms with Gasteiger partial charge in [0, 0.05) is 49.2 Å². The first kappa shape index (κ1) is 19.5. The van der Waals surface area contributed by atoms with E-state index >= 15 is 0 Å². The van der Waals surface area contributed by atoms with E-state index in [1.165, 1.54) is 0 Å². The summed E-state index contributed by atoms with van der Waals surface area (Å²) in [5.41, 5.74) is 2.89. The van der Waals surface area contributed by atoms with E-state index in [9.17, 15) is 9.59 Å². The number of aromatic nitrogens is 3. The van der Waals surface area contributed by atoms with Crippen molar-refractivity contribution in [3.05, 3.63) is 42.0 Å². The maximum Gasteiger partial charge on any atom is 0.225 e. The Bertz CT molecular complexity index is 928. The van der Waals surface area contributed by atoms with Crippen molar-refractivity contribution in [1.82, 2.24) is 25.2 Å². The third-order valence-electron chi connectivity index (χ3n) is 5.90.